The fourth-order valence-corrected chi connectivity index (χ4v) is 3.53. The Morgan fingerprint density at radius 1 is 1.17 bits per heavy atom. The Balaban J connectivity index is 1.81. The van der Waals surface area contributed by atoms with Crippen LogP contribution in [0.25, 0.3) is 0 Å². The lowest BCUT2D eigenvalue weighted by molar-refractivity contribution is 0.135. The first kappa shape index (κ1) is 16.8. The van der Waals surface area contributed by atoms with Crippen molar-refractivity contribution >= 4 is 17.7 Å². The van der Waals surface area contributed by atoms with Crippen LogP contribution < -0.4 is 0 Å². The van der Waals surface area contributed by atoms with Crippen LogP contribution in [0.1, 0.15) is 17.0 Å². The first-order chi connectivity index (χ1) is 11.5. The van der Waals surface area contributed by atoms with Crippen LogP contribution in [0.4, 0.5) is 4.79 Å². The van der Waals surface area contributed by atoms with Gasteiger partial charge in [0.05, 0.1) is 6.04 Å². The number of likely N-dealkylation sites (tertiary alicyclic amines) is 1. The Labute approximate surface area is 147 Å². The molecule has 0 aliphatic carbocycles. The van der Waals surface area contributed by atoms with E-state index >= 15 is 0 Å². The lowest BCUT2D eigenvalue weighted by atomic mass is 9.94. The van der Waals surface area contributed by atoms with E-state index in [2.05, 4.69) is 17.0 Å². The number of halogens is 1. The second kappa shape index (κ2) is 7.24. The zero-order chi connectivity index (χ0) is 17.1. The van der Waals surface area contributed by atoms with Crippen molar-refractivity contribution in [2.24, 2.45) is 0 Å². The van der Waals surface area contributed by atoms with Gasteiger partial charge in [-0.2, -0.15) is 0 Å². The maximum atomic E-state index is 11.5. The van der Waals surface area contributed by atoms with Crippen LogP contribution >= 0.6 is 11.6 Å². The van der Waals surface area contributed by atoms with Crippen molar-refractivity contribution in [3.05, 3.63) is 70.7 Å². The van der Waals surface area contributed by atoms with Gasteiger partial charge in [0.25, 0.3) is 0 Å². The molecular formula is C19H21ClN2O2. The summed E-state index contributed by atoms with van der Waals surface area (Å²) in [6.07, 6.45) is -0.888. The molecule has 0 saturated carbocycles. The van der Waals surface area contributed by atoms with E-state index in [1.165, 1.54) is 10.5 Å². The Morgan fingerprint density at radius 3 is 2.46 bits per heavy atom. The van der Waals surface area contributed by atoms with Crippen molar-refractivity contribution < 1.29 is 9.90 Å². The summed E-state index contributed by atoms with van der Waals surface area (Å²) in [5, 5.41) is 10.1. The molecule has 1 aliphatic rings. The lowest BCUT2D eigenvalue weighted by Gasteiger charge is -2.26. The summed E-state index contributed by atoms with van der Waals surface area (Å²) in [6.45, 7) is 2.39. The monoisotopic (exact) mass is 344 g/mol. The number of amides is 1. The highest BCUT2D eigenvalue weighted by molar-refractivity contribution is 6.30. The summed E-state index contributed by atoms with van der Waals surface area (Å²) in [7, 11) is 1.65. The Morgan fingerprint density at radius 2 is 1.83 bits per heavy atom. The highest BCUT2D eigenvalue weighted by Gasteiger charge is 2.37. The van der Waals surface area contributed by atoms with Gasteiger partial charge < -0.3 is 10.0 Å². The molecule has 3 rings (SSSR count). The van der Waals surface area contributed by atoms with Crippen molar-refractivity contribution in [3.63, 3.8) is 0 Å². The molecule has 2 aromatic rings. The quantitative estimate of drug-likeness (QED) is 0.914. The van der Waals surface area contributed by atoms with E-state index in [9.17, 15) is 9.90 Å². The third-order valence-corrected chi connectivity index (χ3v) is 4.96. The molecule has 24 heavy (non-hydrogen) atoms. The second-order valence-corrected chi connectivity index (χ2v) is 6.73. The molecule has 2 aromatic carbocycles. The van der Waals surface area contributed by atoms with Gasteiger partial charge in [-0.05, 0) is 23.3 Å². The number of hydrogen-bond donors (Lipinski definition) is 1. The van der Waals surface area contributed by atoms with Crippen molar-refractivity contribution in [1.82, 2.24) is 9.80 Å². The van der Waals surface area contributed by atoms with E-state index < -0.39 is 6.09 Å². The summed E-state index contributed by atoms with van der Waals surface area (Å²) < 4.78 is 0. The minimum atomic E-state index is -0.888. The zero-order valence-electron chi connectivity index (χ0n) is 13.6. The SMILES string of the molecule is CN(C(=O)O)[C@@H]1CN(Cc2ccccc2)C[C@H]1c1ccc(Cl)cc1. The average molecular weight is 345 g/mol. The number of carbonyl (C=O) groups is 1. The largest absolute Gasteiger partial charge is 0.465 e. The van der Waals surface area contributed by atoms with Crippen LogP contribution in [0.3, 0.4) is 0 Å². The molecule has 1 amide bonds. The van der Waals surface area contributed by atoms with Gasteiger partial charge >= 0.3 is 6.09 Å². The molecule has 1 fully saturated rings. The highest BCUT2D eigenvalue weighted by Crippen LogP contribution is 2.32. The fourth-order valence-electron chi connectivity index (χ4n) is 3.41. The Kier molecular flexibility index (Phi) is 5.07. The third kappa shape index (κ3) is 3.71. The van der Waals surface area contributed by atoms with Gasteiger partial charge in [-0.15, -0.1) is 0 Å². The fraction of sp³-hybridized carbons (Fsp3) is 0.316. The number of likely N-dealkylation sites (N-methyl/N-ethyl adjacent to an activating group) is 1. The minimum absolute atomic E-state index is 0.0626. The van der Waals surface area contributed by atoms with Gasteiger partial charge in [-0.1, -0.05) is 54.1 Å². The van der Waals surface area contributed by atoms with Crippen LogP contribution in [-0.2, 0) is 6.54 Å². The van der Waals surface area contributed by atoms with Gasteiger partial charge in [-0.3, -0.25) is 4.90 Å². The normalized spacial score (nSPS) is 20.9. The van der Waals surface area contributed by atoms with E-state index in [-0.39, 0.29) is 12.0 Å². The van der Waals surface area contributed by atoms with Gasteiger partial charge in [0.15, 0.2) is 0 Å². The smallest absolute Gasteiger partial charge is 0.407 e. The Hall–Kier alpha value is -2.04. The predicted octanol–water partition coefficient (Wildman–Crippen LogP) is 3.92. The molecule has 2 atom stereocenters. The zero-order valence-corrected chi connectivity index (χ0v) is 14.4. The number of carboxylic acid groups (broad SMARTS) is 1. The molecule has 0 aromatic heterocycles. The van der Waals surface area contributed by atoms with Crippen LogP contribution in [-0.4, -0.2) is 47.2 Å². The summed E-state index contributed by atoms with van der Waals surface area (Å²) in [6, 6.07) is 18.0. The number of benzene rings is 2. The molecular weight excluding hydrogens is 324 g/mol. The van der Waals surface area contributed by atoms with Crippen molar-refractivity contribution in [1.29, 1.82) is 0 Å². The molecule has 4 nitrogen and oxygen atoms in total. The third-order valence-electron chi connectivity index (χ3n) is 4.71. The van der Waals surface area contributed by atoms with Crippen molar-refractivity contribution in [2.75, 3.05) is 20.1 Å². The van der Waals surface area contributed by atoms with Crippen molar-refractivity contribution in [2.45, 2.75) is 18.5 Å². The molecule has 1 saturated heterocycles. The van der Waals surface area contributed by atoms with Crippen LogP contribution in [0.15, 0.2) is 54.6 Å². The molecule has 0 bridgehead atoms. The molecule has 1 heterocycles. The van der Waals surface area contributed by atoms with Crippen LogP contribution in [0.2, 0.25) is 5.02 Å². The van der Waals surface area contributed by atoms with Gasteiger partial charge in [-0.25, -0.2) is 4.79 Å². The minimum Gasteiger partial charge on any atom is -0.465 e. The van der Waals surface area contributed by atoms with E-state index in [4.69, 9.17) is 11.6 Å². The summed E-state index contributed by atoms with van der Waals surface area (Å²) >= 11 is 5.99. The molecule has 1 N–H and O–H groups in total. The standard InChI is InChI=1S/C19H21ClN2O2/c1-21(19(23)24)18-13-22(11-14-5-3-2-4-6-14)12-17(18)15-7-9-16(20)10-8-15/h2-10,17-18H,11-13H2,1H3,(H,23,24)/t17-,18+/m0/s1. The Bertz CT molecular complexity index is 690. The molecule has 1 aliphatic heterocycles. The van der Waals surface area contributed by atoms with Crippen LogP contribution in [0.5, 0.6) is 0 Å². The summed E-state index contributed by atoms with van der Waals surface area (Å²) in [5.41, 5.74) is 2.37. The van der Waals surface area contributed by atoms with Gasteiger partial charge in [0.2, 0.25) is 0 Å². The molecule has 5 heteroatoms. The molecule has 0 radical (unpaired) electrons. The van der Waals surface area contributed by atoms with Gasteiger partial charge in [0.1, 0.15) is 0 Å². The molecule has 0 spiro atoms. The van der Waals surface area contributed by atoms with E-state index in [1.54, 1.807) is 7.05 Å². The maximum Gasteiger partial charge on any atom is 0.407 e. The molecule has 126 valence electrons. The molecule has 0 unspecified atom stereocenters. The highest BCUT2D eigenvalue weighted by atomic mass is 35.5. The van der Waals surface area contributed by atoms with Crippen molar-refractivity contribution in [3.8, 4) is 0 Å². The topological polar surface area (TPSA) is 43.8 Å². The average Bonchev–Trinajstić information content (AvgIpc) is 2.99. The maximum absolute atomic E-state index is 11.5. The summed E-state index contributed by atoms with van der Waals surface area (Å²) in [5.74, 6) is 0.145. The number of hydrogen-bond acceptors (Lipinski definition) is 2. The van der Waals surface area contributed by atoms with Gasteiger partial charge in [0, 0.05) is 37.6 Å². The second-order valence-electron chi connectivity index (χ2n) is 6.30. The van der Waals surface area contributed by atoms with E-state index in [1.807, 2.05) is 42.5 Å². The first-order valence-corrected chi connectivity index (χ1v) is 8.40. The van der Waals surface area contributed by atoms with E-state index in [0.29, 0.717) is 5.02 Å². The number of nitrogens with zero attached hydrogens (tertiary/aromatic N) is 2. The van der Waals surface area contributed by atoms with E-state index in [0.717, 1.165) is 25.2 Å². The first-order valence-electron chi connectivity index (χ1n) is 8.02. The van der Waals surface area contributed by atoms with Crippen LogP contribution in [0, 0.1) is 0 Å². The lowest BCUT2D eigenvalue weighted by Crippen LogP contribution is -2.40. The number of rotatable bonds is 4. The predicted molar refractivity (Wildman–Crippen MR) is 95.5 cm³/mol. The summed E-state index contributed by atoms with van der Waals surface area (Å²) in [4.78, 5) is 15.2.